The van der Waals surface area contributed by atoms with Gasteiger partial charge in [0.2, 0.25) is 0 Å². The average Bonchev–Trinajstić information content (AvgIpc) is 3.20. The van der Waals surface area contributed by atoms with E-state index in [1.165, 1.54) is 31.4 Å². The Morgan fingerprint density at radius 2 is 1.85 bits per heavy atom. The number of carbonyl (C=O) groups excluding carboxylic acids is 2. The molecular weight excluding hydrogens is 539 g/mol. The van der Waals surface area contributed by atoms with Gasteiger partial charge in [-0.15, -0.1) is 0 Å². The Morgan fingerprint density at radius 3 is 2.52 bits per heavy atom. The maximum absolute atomic E-state index is 17.4. The first-order chi connectivity index (χ1) is 18.7. The Labute approximate surface area is 234 Å². The maximum Gasteiger partial charge on any atom is 0.297 e. The fourth-order valence-corrected chi connectivity index (χ4v) is 9.02. The molecule has 0 aromatic heterocycles. The van der Waals surface area contributed by atoms with E-state index in [1.807, 2.05) is 13.8 Å². The quantitative estimate of drug-likeness (QED) is 0.365. The van der Waals surface area contributed by atoms with Crippen molar-refractivity contribution in [3.05, 3.63) is 53.6 Å². The van der Waals surface area contributed by atoms with Crippen molar-refractivity contribution >= 4 is 21.7 Å². The molecule has 0 bridgehead atoms. The summed E-state index contributed by atoms with van der Waals surface area (Å²) in [6.45, 7) is 4.38. The van der Waals surface area contributed by atoms with Crippen molar-refractivity contribution in [3.8, 4) is 0 Å². The van der Waals surface area contributed by atoms with Crippen LogP contribution in [0.15, 0.2) is 53.0 Å². The monoisotopic (exact) mass is 576 g/mol. The largest absolute Gasteiger partial charge is 0.390 e. The van der Waals surface area contributed by atoms with E-state index in [2.05, 4.69) is 0 Å². The fraction of sp³-hybridized carbons (Fsp3) is 0.600. The molecule has 0 spiro atoms. The summed E-state index contributed by atoms with van der Waals surface area (Å²) >= 11 is 0. The standard InChI is InChI=1S/C30H37FO8S/c1-19-5-8-22(9-6-19)40(35,36)39-17-26(34)29(38-18-37-4)14-12-23-24-10-7-20-15-21(32)11-13-27(20,2)30(24,31)25(33)16-28(23,29)3/h5-6,8-9,11,13,15,23-25,33H,7,10,12,14,16-18H2,1-4H3/t23-,24-,25?,27-,28-,29-,30-/m0/s1. The summed E-state index contributed by atoms with van der Waals surface area (Å²) in [6.07, 6.45) is 4.44. The van der Waals surface area contributed by atoms with Crippen LogP contribution in [0.1, 0.15) is 51.5 Å². The Bertz CT molecular complexity index is 1370. The van der Waals surface area contributed by atoms with Crippen LogP contribution >= 0.6 is 0 Å². The molecule has 218 valence electrons. The van der Waals surface area contributed by atoms with Gasteiger partial charge >= 0.3 is 0 Å². The van der Waals surface area contributed by atoms with Crippen LogP contribution in [-0.2, 0) is 33.4 Å². The molecule has 1 N–H and O–H groups in total. The summed E-state index contributed by atoms with van der Waals surface area (Å²) < 4.78 is 59.6. The van der Waals surface area contributed by atoms with Crippen molar-refractivity contribution in [2.45, 2.75) is 75.1 Å². The number of carbonyl (C=O) groups is 2. The first-order valence-corrected chi connectivity index (χ1v) is 15.1. The predicted octanol–water partition coefficient (Wildman–Crippen LogP) is 4.00. The minimum absolute atomic E-state index is 0.0677. The lowest BCUT2D eigenvalue weighted by Crippen LogP contribution is -2.69. The molecule has 1 aromatic rings. The highest BCUT2D eigenvalue weighted by Gasteiger charge is 2.74. The topological polar surface area (TPSA) is 116 Å². The summed E-state index contributed by atoms with van der Waals surface area (Å²) in [5.74, 6) is -1.74. The molecule has 0 saturated heterocycles. The highest BCUT2D eigenvalue weighted by atomic mass is 32.2. The van der Waals surface area contributed by atoms with E-state index >= 15 is 4.39 Å². The van der Waals surface area contributed by atoms with Gasteiger partial charge in [0.1, 0.15) is 19.0 Å². The summed E-state index contributed by atoms with van der Waals surface area (Å²) in [6, 6.07) is 6.10. The van der Waals surface area contributed by atoms with Crippen LogP contribution in [0, 0.1) is 29.6 Å². The fourth-order valence-electron chi connectivity index (χ4n) is 8.15. The number of benzene rings is 1. The average molecular weight is 577 g/mol. The van der Waals surface area contributed by atoms with E-state index in [0.29, 0.717) is 24.8 Å². The van der Waals surface area contributed by atoms with E-state index < -0.39 is 56.6 Å². The lowest BCUT2D eigenvalue weighted by molar-refractivity contribution is -0.237. The van der Waals surface area contributed by atoms with Gasteiger partial charge in [0.05, 0.1) is 11.0 Å². The molecule has 7 atom stereocenters. The molecule has 3 fully saturated rings. The first-order valence-electron chi connectivity index (χ1n) is 13.7. The first kappa shape index (κ1) is 29.3. The Hall–Kier alpha value is -2.24. The third-order valence-electron chi connectivity index (χ3n) is 10.3. The highest BCUT2D eigenvalue weighted by Crippen LogP contribution is 2.70. The molecule has 0 radical (unpaired) electrons. The normalized spacial score (nSPS) is 38.8. The van der Waals surface area contributed by atoms with Crippen molar-refractivity contribution < 1.29 is 41.2 Å². The zero-order valence-corrected chi connectivity index (χ0v) is 24.1. The number of Topliss-reactive ketones (excluding diaryl/α,β-unsaturated/α-hetero) is 1. The van der Waals surface area contributed by atoms with Crippen LogP contribution in [-0.4, -0.2) is 63.0 Å². The van der Waals surface area contributed by atoms with E-state index in [9.17, 15) is 23.1 Å². The smallest absolute Gasteiger partial charge is 0.297 e. The van der Waals surface area contributed by atoms with Crippen LogP contribution in [0.3, 0.4) is 0 Å². The molecule has 5 rings (SSSR count). The Balaban J connectivity index is 1.47. The molecule has 10 heteroatoms. The number of hydrogen-bond donors (Lipinski definition) is 1. The molecule has 1 unspecified atom stereocenters. The minimum Gasteiger partial charge on any atom is -0.390 e. The van der Waals surface area contributed by atoms with Crippen LogP contribution in [0.25, 0.3) is 0 Å². The van der Waals surface area contributed by atoms with Crippen LogP contribution in [0.5, 0.6) is 0 Å². The Kier molecular flexibility index (Phi) is 7.27. The molecule has 4 aliphatic carbocycles. The number of hydrogen-bond acceptors (Lipinski definition) is 8. The third kappa shape index (κ3) is 4.09. The van der Waals surface area contributed by atoms with Gasteiger partial charge in [-0.05, 0) is 76.2 Å². The van der Waals surface area contributed by atoms with E-state index in [0.717, 1.165) is 5.56 Å². The van der Waals surface area contributed by atoms with Gasteiger partial charge in [-0.1, -0.05) is 36.3 Å². The second kappa shape index (κ2) is 9.94. The minimum atomic E-state index is -4.22. The van der Waals surface area contributed by atoms with Crippen LogP contribution in [0.4, 0.5) is 4.39 Å². The van der Waals surface area contributed by atoms with Gasteiger partial charge in [0.15, 0.2) is 17.2 Å². The lowest BCUT2D eigenvalue weighted by atomic mass is 9.44. The maximum atomic E-state index is 17.4. The number of aryl methyl sites for hydroxylation is 1. The number of rotatable bonds is 8. The number of aliphatic hydroxyl groups is 1. The highest BCUT2D eigenvalue weighted by molar-refractivity contribution is 7.86. The molecule has 40 heavy (non-hydrogen) atoms. The molecule has 3 saturated carbocycles. The number of allylic oxidation sites excluding steroid dienone is 4. The zero-order valence-electron chi connectivity index (χ0n) is 23.3. The summed E-state index contributed by atoms with van der Waals surface area (Å²) in [4.78, 5) is 25.9. The van der Waals surface area contributed by atoms with Gasteiger partial charge in [0.25, 0.3) is 10.1 Å². The number of fused-ring (bicyclic) bond motifs is 5. The molecule has 0 aliphatic heterocycles. The van der Waals surface area contributed by atoms with Crippen LogP contribution < -0.4 is 0 Å². The molecule has 0 heterocycles. The van der Waals surface area contributed by atoms with E-state index in [4.69, 9.17) is 13.7 Å². The van der Waals surface area contributed by atoms with Crippen molar-refractivity contribution in [1.29, 1.82) is 0 Å². The Morgan fingerprint density at radius 1 is 1.15 bits per heavy atom. The summed E-state index contributed by atoms with van der Waals surface area (Å²) in [7, 11) is -2.81. The zero-order chi connectivity index (χ0) is 29.1. The molecule has 8 nitrogen and oxygen atoms in total. The molecule has 4 aliphatic rings. The number of ether oxygens (including phenoxy) is 2. The van der Waals surface area contributed by atoms with E-state index in [1.54, 1.807) is 25.1 Å². The van der Waals surface area contributed by atoms with Crippen molar-refractivity contribution in [3.63, 3.8) is 0 Å². The summed E-state index contributed by atoms with van der Waals surface area (Å²) in [5, 5.41) is 11.6. The van der Waals surface area contributed by atoms with Gasteiger partial charge < -0.3 is 14.6 Å². The molecule has 0 amide bonds. The van der Waals surface area contributed by atoms with Crippen molar-refractivity contribution in [2.75, 3.05) is 20.5 Å². The van der Waals surface area contributed by atoms with Crippen LogP contribution in [0.2, 0.25) is 0 Å². The lowest BCUT2D eigenvalue weighted by Gasteiger charge is -2.63. The van der Waals surface area contributed by atoms with Crippen molar-refractivity contribution in [2.24, 2.45) is 22.7 Å². The third-order valence-corrected chi connectivity index (χ3v) is 11.6. The van der Waals surface area contributed by atoms with Gasteiger partial charge in [-0.2, -0.15) is 8.42 Å². The number of halogens is 1. The molecular formula is C30H37FO8S. The van der Waals surface area contributed by atoms with Gasteiger partial charge in [0, 0.05) is 23.9 Å². The number of methoxy groups -OCH3 is 1. The number of alkyl halides is 1. The molecule has 1 aromatic carbocycles. The second-order valence-corrected chi connectivity index (χ2v) is 13.7. The number of ketones is 2. The SMILES string of the molecule is COCO[C@]1(C(=O)COS(=O)(=O)c2ccc(C)cc2)CC[C@H]2[C@@H]3CCC4=CC(=O)C=C[C@]4(C)[C@@]3(F)C(O)C[C@@]21C. The second-order valence-electron chi connectivity index (χ2n) is 12.1. The predicted molar refractivity (Wildman–Crippen MR) is 143 cm³/mol. The van der Waals surface area contributed by atoms with Gasteiger partial charge in [-0.3, -0.25) is 13.8 Å². The number of aliphatic hydroxyl groups excluding tert-OH is 1. The van der Waals surface area contributed by atoms with E-state index in [-0.39, 0.29) is 36.2 Å². The van der Waals surface area contributed by atoms with Gasteiger partial charge in [-0.25, -0.2) is 4.39 Å². The summed E-state index contributed by atoms with van der Waals surface area (Å²) in [5.41, 5.74) is -4.23. The van der Waals surface area contributed by atoms with Crippen molar-refractivity contribution in [1.82, 2.24) is 0 Å².